The molecule has 0 aliphatic carbocycles. The summed E-state index contributed by atoms with van der Waals surface area (Å²) in [7, 11) is 3.97. The molecule has 4 aliphatic heterocycles. The number of esters is 1. The van der Waals surface area contributed by atoms with Crippen LogP contribution in [0, 0.1) is 5.92 Å². The Kier molecular flexibility index (Phi) is 15.5. The number of urea groups is 1. The first-order chi connectivity index (χ1) is 28.7. The number of benzene rings is 2. The molecule has 0 radical (unpaired) electrons. The van der Waals surface area contributed by atoms with E-state index in [4.69, 9.17) is 26.8 Å². The van der Waals surface area contributed by atoms with Gasteiger partial charge in [0.25, 0.3) is 5.91 Å². The molecule has 2 aromatic rings. The van der Waals surface area contributed by atoms with Crippen LogP contribution in [0.5, 0.6) is 0 Å². The standard InChI is InChI=1S/C43H59ClF3N7O6/c1-50(2)17-5-25-59-38(55)9-8-29-10-18-51(19-11-29)32-13-20-52(21-14-32)40(56)37(28-30-26-34(43(45,46)47)39(48)35(44)27-30)60-42(58)53-22-15-33(16-23-53)54-24-12-31-6-3-4-7-36(31)49-41(54)57/h3-4,6-7,26-27,29,32-33,37H,5,8-25,28,48H2,1-2H3,(H,49,57)/t37-/m1/s1. The fraction of sp³-hybridized carbons (Fsp3) is 0.628. The first kappa shape index (κ1) is 45.3. The van der Waals surface area contributed by atoms with Gasteiger partial charge in [-0.3, -0.25) is 9.59 Å². The third-order valence-corrected chi connectivity index (χ3v) is 12.8. The van der Waals surface area contributed by atoms with E-state index in [-0.39, 0.29) is 54.2 Å². The van der Waals surface area contributed by atoms with Crippen LogP contribution >= 0.6 is 11.6 Å². The molecule has 6 rings (SSSR count). The molecule has 0 saturated carbocycles. The van der Waals surface area contributed by atoms with Crippen molar-refractivity contribution in [2.24, 2.45) is 5.92 Å². The molecule has 4 heterocycles. The van der Waals surface area contributed by atoms with Crippen molar-refractivity contribution in [1.82, 2.24) is 24.5 Å². The molecule has 3 fully saturated rings. The van der Waals surface area contributed by atoms with Crippen molar-refractivity contribution in [3.8, 4) is 0 Å². The summed E-state index contributed by atoms with van der Waals surface area (Å²) in [5.74, 6) is -0.177. The lowest BCUT2D eigenvalue weighted by Gasteiger charge is -2.42. The van der Waals surface area contributed by atoms with Gasteiger partial charge in [-0.15, -0.1) is 0 Å². The van der Waals surface area contributed by atoms with Gasteiger partial charge < -0.3 is 45.0 Å². The Labute approximate surface area is 355 Å². The predicted molar refractivity (Wildman–Crippen MR) is 223 cm³/mol. The minimum atomic E-state index is -4.79. The molecule has 2 aromatic carbocycles. The van der Waals surface area contributed by atoms with Gasteiger partial charge in [-0.2, -0.15) is 13.2 Å². The number of hydrogen-bond donors (Lipinski definition) is 2. The molecular weight excluding hydrogens is 803 g/mol. The number of ether oxygens (including phenoxy) is 2. The van der Waals surface area contributed by atoms with Crippen molar-refractivity contribution in [3.05, 3.63) is 58.1 Å². The minimum absolute atomic E-state index is 0.0647. The molecular formula is C43H59ClF3N7O6. The summed E-state index contributed by atoms with van der Waals surface area (Å²) in [6.45, 7) is 4.99. The van der Waals surface area contributed by atoms with Gasteiger partial charge in [0, 0.05) is 69.9 Å². The second-order valence-electron chi connectivity index (χ2n) is 16.8. The number of likely N-dealkylation sites (tertiary alicyclic amines) is 3. The number of hydrogen-bond acceptors (Lipinski definition) is 9. The Bertz CT molecular complexity index is 1810. The number of carbonyl (C=O) groups excluding carboxylic acids is 4. The lowest BCUT2D eigenvalue weighted by molar-refractivity contribution is -0.144. The van der Waals surface area contributed by atoms with Crippen molar-refractivity contribution in [2.45, 2.75) is 95.0 Å². The van der Waals surface area contributed by atoms with E-state index < -0.39 is 35.5 Å². The van der Waals surface area contributed by atoms with Crippen LogP contribution in [0.25, 0.3) is 0 Å². The number of rotatable bonds is 13. The largest absolute Gasteiger partial charge is 0.466 e. The van der Waals surface area contributed by atoms with Gasteiger partial charge in [0.15, 0.2) is 6.10 Å². The topological polar surface area (TPSA) is 141 Å². The van der Waals surface area contributed by atoms with Crippen LogP contribution in [0.1, 0.15) is 74.5 Å². The number of para-hydroxylation sites is 1. The van der Waals surface area contributed by atoms with Crippen molar-refractivity contribution in [2.75, 3.05) is 84.1 Å². The summed E-state index contributed by atoms with van der Waals surface area (Å²) in [6, 6.07) is 9.76. The van der Waals surface area contributed by atoms with Crippen LogP contribution in [0.15, 0.2) is 36.4 Å². The molecule has 330 valence electrons. The Balaban J connectivity index is 1.03. The van der Waals surface area contributed by atoms with Gasteiger partial charge in [-0.1, -0.05) is 29.8 Å². The van der Waals surface area contributed by atoms with Crippen LogP contribution in [0.2, 0.25) is 5.02 Å². The van der Waals surface area contributed by atoms with Gasteiger partial charge in [0.2, 0.25) is 0 Å². The molecule has 17 heteroatoms. The molecule has 60 heavy (non-hydrogen) atoms. The van der Waals surface area contributed by atoms with Gasteiger partial charge in [-0.05, 0) is 120 Å². The molecule has 13 nitrogen and oxygen atoms in total. The number of anilines is 2. The van der Waals surface area contributed by atoms with Crippen LogP contribution in [0.4, 0.5) is 34.1 Å². The number of carbonyl (C=O) groups is 4. The van der Waals surface area contributed by atoms with E-state index in [1.165, 1.54) is 11.0 Å². The lowest BCUT2D eigenvalue weighted by Crippen LogP contribution is -2.53. The first-order valence-electron chi connectivity index (χ1n) is 21.3. The third kappa shape index (κ3) is 12.0. The third-order valence-electron chi connectivity index (χ3n) is 12.5. The monoisotopic (exact) mass is 861 g/mol. The normalized spacial score (nSPS) is 19.4. The number of fused-ring (bicyclic) bond motifs is 1. The highest BCUT2D eigenvalue weighted by Crippen LogP contribution is 2.38. The fourth-order valence-corrected chi connectivity index (χ4v) is 9.18. The predicted octanol–water partition coefficient (Wildman–Crippen LogP) is 6.52. The Morgan fingerprint density at radius 2 is 1.60 bits per heavy atom. The summed E-state index contributed by atoms with van der Waals surface area (Å²) >= 11 is 6.16. The maximum Gasteiger partial charge on any atom is 0.418 e. The molecule has 3 N–H and O–H groups in total. The summed E-state index contributed by atoms with van der Waals surface area (Å²) in [6.07, 6.45) is -0.183. The highest BCUT2D eigenvalue weighted by molar-refractivity contribution is 6.33. The van der Waals surface area contributed by atoms with E-state index in [0.717, 1.165) is 62.6 Å². The van der Waals surface area contributed by atoms with Crippen LogP contribution < -0.4 is 11.1 Å². The molecule has 0 unspecified atom stereocenters. The highest BCUT2D eigenvalue weighted by atomic mass is 35.5. The second kappa shape index (κ2) is 20.5. The zero-order valence-corrected chi connectivity index (χ0v) is 35.4. The number of piperidine rings is 3. The smallest absolute Gasteiger partial charge is 0.418 e. The van der Waals surface area contributed by atoms with E-state index in [0.29, 0.717) is 70.7 Å². The van der Waals surface area contributed by atoms with E-state index in [1.54, 1.807) is 9.80 Å². The van der Waals surface area contributed by atoms with E-state index in [1.807, 2.05) is 38.4 Å². The SMILES string of the molecule is CN(C)CCCOC(=O)CCC1CCN(C2CCN(C(=O)[C@@H](Cc3cc(Cl)c(N)c(C(F)(F)F)c3)OC(=O)N3CCC(N4CCc5ccccc5NC4=O)CC3)CC2)CC1. The number of halogens is 4. The first-order valence-corrected chi connectivity index (χ1v) is 21.6. The summed E-state index contributed by atoms with van der Waals surface area (Å²) < 4.78 is 53.1. The number of amides is 4. The van der Waals surface area contributed by atoms with E-state index >= 15 is 0 Å². The van der Waals surface area contributed by atoms with E-state index in [2.05, 4.69) is 15.1 Å². The van der Waals surface area contributed by atoms with Crippen LogP contribution in [-0.2, 0) is 38.1 Å². The molecule has 3 saturated heterocycles. The Morgan fingerprint density at radius 3 is 2.28 bits per heavy atom. The number of nitrogens with two attached hydrogens (primary N) is 1. The van der Waals surface area contributed by atoms with Crippen molar-refractivity contribution in [3.63, 3.8) is 0 Å². The minimum Gasteiger partial charge on any atom is -0.466 e. The maximum atomic E-state index is 14.2. The molecule has 1 atom stereocenters. The van der Waals surface area contributed by atoms with Gasteiger partial charge in [0.05, 0.1) is 22.9 Å². The fourth-order valence-electron chi connectivity index (χ4n) is 8.94. The maximum absolute atomic E-state index is 14.2. The van der Waals surface area contributed by atoms with Crippen molar-refractivity contribution < 1.29 is 41.8 Å². The average Bonchev–Trinajstić information content (AvgIpc) is 3.40. The molecule has 4 aliphatic rings. The zero-order valence-electron chi connectivity index (χ0n) is 34.7. The summed E-state index contributed by atoms with van der Waals surface area (Å²) in [4.78, 5) is 62.7. The number of alkyl halides is 3. The molecule has 0 aromatic heterocycles. The van der Waals surface area contributed by atoms with Crippen molar-refractivity contribution >= 4 is 47.0 Å². The summed E-state index contributed by atoms with van der Waals surface area (Å²) in [5.41, 5.74) is 5.86. The Morgan fingerprint density at radius 1 is 0.933 bits per heavy atom. The molecule has 0 bridgehead atoms. The Hall–Kier alpha value is -4.28. The van der Waals surface area contributed by atoms with Crippen molar-refractivity contribution in [1.29, 1.82) is 0 Å². The number of nitrogens with zero attached hydrogens (tertiary/aromatic N) is 5. The van der Waals surface area contributed by atoms with Crippen LogP contribution in [-0.4, -0.2) is 140 Å². The van der Waals surface area contributed by atoms with Gasteiger partial charge >= 0.3 is 24.3 Å². The zero-order chi connectivity index (χ0) is 43.0. The quantitative estimate of drug-likeness (QED) is 0.131. The highest BCUT2D eigenvalue weighted by Gasteiger charge is 2.38. The summed E-state index contributed by atoms with van der Waals surface area (Å²) in [5, 5.41) is 2.69. The average molecular weight is 862 g/mol. The van der Waals surface area contributed by atoms with E-state index in [9.17, 15) is 32.3 Å². The molecule has 0 spiro atoms. The van der Waals surface area contributed by atoms with Gasteiger partial charge in [0.1, 0.15) is 0 Å². The number of nitrogens with one attached hydrogen (secondary N) is 1. The second-order valence-corrected chi connectivity index (χ2v) is 17.2. The molecule has 4 amide bonds. The van der Waals surface area contributed by atoms with Gasteiger partial charge in [-0.25, -0.2) is 9.59 Å². The number of nitrogen functional groups attached to an aromatic ring is 1. The van der Waals surface area contributed by atoms with Crippen LogP contribution in [0.3, 0.4) is 0 Å². The lowest BCUT2D eigenvalue weighted by atomic mass is 9.90.